The van der Waals surface area contributed by atoms with E-state index < -0.39 is 5.82 Å². The first-order valence-electron chi connectivity index (χ1n) is 4.59. The van der Waals surface area contributed by atoms with E-state index in [1.807, 2.05) is 0 Å². The van der Waals surface area contributed by atoms with E-state index in [0.29, 0.717) is 5.56 Å². The molecule has 2 rings (SSSR count). The molecule has 2 aromatic rings. The fourth-order valence-corrected chi connectivity index (χ4v) is 1.26. The topological polar surface area (TPSA) is 56.7 Å². The number of nitrogens with zero attached hydrogens (tertiary/aromatic N) is 3. The molecule has 0 saturated carbocycles. The van der Waals surface area contributed by atoms with Crippen LogP contribution in [0.3, 0.4) is 0 Å². The van der Waals surface area contributed by atoms with Crippen molar-refractivity contribution in [2.24, 2.45) is 5.73 Å². The Morgan fingerprint density at radius 3 is 2.87 bits per heavy atom. The van der Waals surface area contributed by atoms with Crippen LogP contribution in [-0.4, -0.2) is 14.8 Å². The summed E-state index contributed by atoms with van der Waals surface area (Å²) >= 11 is 0. The molecule has 4 nitrogen and oxygen atoms in total. The molecule has 0 aliphatic carbocycles. The van der Waals surface area contributed by atoms with Gasteiger partial charge in [0.25, 0.3) is 0 Å². The van der Waals surface area contributed by atoms with Gasteiger partial charge >= 0.3 is 0 Å². The van der Waals surface area contributed by atoms with E-state index in [4.69, 9.17) is 5.73 Å². The van der Waals surface area contributed by atoms with E-state index in [2.05, 4.69) is 10.1 Å². The van der Waals surface area contributed by atoms with Crippen molar-refractivity contribution in [2.45, 2.75) is 13.0 Å². The van der Waals surface area contributed by atoms with Crippen LogP contribution >= 0.6 is 0 Å². The first-order chi connectivity index (χ1) is 7.18. The summed E-state index contributed by atoms with van der Waals surface area (Å²) in [6, 6.07) is 2.87. The van der Waals surface area contributed by atoms with Crippen LogP contribution in [-0.2, 0) is 0 Å². The normalized spacial score (nSPS) is 12.7. The summed E-state index contributed by atoms with van der Waals surface area (Å²) in [7, 11) is 0. The van der Waals surface area contributed by atoms with E-state index in [0.717, 1.165) is 0 Å². The van der Waals surface area contributed by atoms with E-state index in [1.54, 1.807) is 31.6 Å². The van der Waals surface area contributed by atoms with Gasteiger partial charge in [-0.25, -0.2) is 14.1 Å². The predicted molar refractivity (Wildman–Crippen MR) is 53.9 cm³/mol. The summed E-state index contributed by atoms with van der Waals surface area (Å²) in [5, 5.41) is 3.90. The summed E-state index contributed by atoms with van der Waals surface area (Å²) in [6.07, 6.45) is 4.77. The van der Waals surface area contributed by atoms with E-state index >= 15 is 0 Å². The smallest absolute Gasteiger partial charge is 0.189 e. The number of hydrogen-bond donors (Lipinski definition) is 1. The Morgan fingerprint density at radius 1 is 1.53 bits per heavy atom. The van der Waals surface area contributed by atoms with Gasteiger partial charge in [0, 0.05) is 24.6 Å². The summed E-state index contributed by atoms with van der Waals surface area (Å²) < 4.78 is 15.0. The van der Waals surface area contributed by atoms with Gasteiger partial charge in [-0.2, -0.15) is 5.10 Å². The first-order valence-corrected chi connectivity index (χ1v) is 4.59. The monoisotopic (exact) mass is 206 g/mol. The maximum atomic E-state index is 13.6. The minimum absolute atomic E-state index is 0.185. The molecule has 1 unspecified atom stereocenters. The highest BCUT2D eigenvalue weighted by Crippen LogP contribution is 2.14. The number of pyridine rings is 1. The van der Waals surface area contributed by atoms with Gasteiger partial charge in [0.1, 0.15) is 0 Å². The van der Waals surface area contributed by atoms with Gasteiger partial charge in [0.05, 0.1) is 0 Å². The Morgan fingerprint density at radius 2 is 2.33 bits per heavy atom. The molecule has 0 saturated heterocycles. The van der Waals surface area contributed by atoms with Crippen LogP contribution in [0.5, 0.6) is 0 Å². The summed E-state index contributed by atoms with van der Waals surface area (Å²) in [4.78, 5) is 3.99. The van der Waals surface area contributed by atoms with Crippen LogP contribution in [0.25, 0.3) is 5.82 Å². The molecule has 1 atom stereocenters. The average Bonchev–Trinajstić information content (AvgIpc) is 2.70. The highest BCUT2D eigenvalue weighted by Gasteiger charge is 2.09. The maximum Gasteiger partial charge on any atom is 0.189 e. The minimum atomic E-state index is -0.423. The first kappa shape index (κ1) is 9.79. The lowest BCUT2D eigenvalue weighted by molar-refractivity contribution is 0.594. The zero-order chi connectivity index (χ0) is 10.8. The third-order valence-electron chi connectivity index (χ3n) is 2.09. The molecule has 0 radical (unpaired) electrons. The van der Waals surface area contributed by atoms with Gasteiger partial charge in [0.2, 0.25) is 0 Å². The van der Waals surface area contributed by atoms with Crippen molar-refractivity contribution >= 4 is 0 Å². The lowest BCUT2D eigenvalue weighted by atomic mass is 10.1. The molecular formula is C10H11FN4. The highest BCUT2D eigenvalue weighted by molar-refractivity contribution is 5.27. The molecule has 15 heavy (non-hydrogen) atoms. The van der Waals surface area contributed by atoms with Crippen molar-refractivity contribution in [3.05, 3.63) is 42.1 Å². The molecule has 2 N–H and O–H groups in total. The van der Waals surface area contributed by atoms with E-state index in [-0.39, 0.29) is 11.9 Å². The second kappa shape index (κ2) is 3.78. The largest absolute Gasteiger partial charge is 0.324 e. The number of halogens is 1. The van der Waals surface area contributed by atoms with E-state index in [9.17, 15) is 4.39 Å². The molecule has 2 heterocycles. The zero-order valence-corrected chi connectivity index (χ0v) is 8.26. The standard InChI is InChI=1S/C10H11FN4/c1-7(12)8-5-9(11)10(13-6-8)15-4-2-3-14-15/h2-7H,12H2,1H3. The van der Waals surface area contributed by atoms with Gasteiger partial charge in [-0.15, -0.1) is 0 Å². The lowest BCUT2D eigenvalue weighted by Crippen LogP contribution is -2.08. The third kappa shape index (κ3) is 1.87. The fourth-order valence-electron chi connectivity index (χ4n) is 1.26. The zero-order valence-electron chi connectivity index (χ0n) is 8.26. The summed E-state index contributed by atoms with van der Waals surface area (Å²) in [6.45, 7) is 1.78. The number of aromatic nitrogens is 3. The number of rotatable bonds is 2. The van der Waals surface area contributed by atoms with Crippen LogP contribution in [0.2, 0.25) is 0 Å². The molecule has 2 aromatic heterocycles. The van der Waals surface area contributed by atoms with Crippen LogP contribution < -0.4 is 5.73 Å². The van der Waals surface area contributed by atoms with Crippen molar-refractivity contribution < 1.29 is 4.39 Å². The van der Waals surface area contributed by atoms with Crippen LogP contribution in [0.4, 0.5) is 4.39 Å². The Hall–Kier alpha value is -1.75. The Balaban J connectivity index is 2.44. The molecule has 0 bridgehead atoms. The maximum absolute atomic E-state index is 13.6. The van der Waals surface area contributed by atoms with Gasteiger partial charge < -0.3 is 5.73 Å². The third-order valence-corrected chi connectivity index (χ3v) is 2.09. The van der Waals surface area contributed by atoms with Crippen molar-refractivity contribution in [1.29, 1.82) is 0 Å². The van der Waals surface area contributed by atoms with Crippen LogP contribution in [0.1, 0.15) is 18.5 Å². The molecule has 0 spiro atoms. The second-order valence-corrected chi connectivity index (χ2v) is 3.31. The van der Waals surface area contributed by atoms with Gasteiger partial charge in [0.15, 0.2) is 11.6 Å². The Labute approximate surface area is 86.6 Å². The molecule has 0 amide bonds. The SMILES string of the molecule is CC(N)c1cnc(-n2cccn2)c(F)c1. The van der Waals surface area contributed by atoms with Crippen molar-refractivity contribution in [1.82, 2.24) is 14.8 Å². The Kier molecular flexibility index (Phi) is 2.47. The second-order valence-electron chi connectivity index (χ2n) is 3.31. The predicted octanol–water partition coefficient (Wildman–Crippen LogP) is 1.43. The summed E-state index contributed by atoms with van der Waals surface area (Å²) in [5.41, 5.74) is 6.29. The molecule has 0 aliphatic heterocycles. The van der Waals surface area contributed by atoms with Gasteiger partial charge in [-0.3, -0.25) is 0 Å². The average molecular weight is 206 g/mol. The van der Waals surface area contributed by atoms with Crippen LogP contribution in [0, 0.1) is 5.82 Å². The van der Waals surface area contributed by atoms with Crippen molar-refractivity contribution in [3.8, 4) is 5.82 Å². The van der Waals surface area contributed by atoms with Crippen molar-refractivity contribution in [3.63, 3.8) is 0 Å². The molecular weight excluding hydrogens is 195 g/mol. The quantitative estimate of drug-likeness (QED) is 0.808. The Bertz CT molecular complexity index is 450. The van der Waals surface area contributed by atoms with E-state index in [1.165, 1.54) is 10.7 Å². The molecule has 0 fully saturated rings. The number of hydrogen-bond acceptors (Lipinski definition) is 3. The minimum Gasteiger partial charge on any atom is -0.324 e. The summed E-state index contributed by atoms with van der Waals surface area (Å²) in [5.74, 6) is -0.238. The fraction of sp³-hybridized carbons (Fsp3) is 0.200. The molecule has 5 heteroatoms. The molecule has 78 valence electrons. The number of nitrogens with two attached hydrogens (primary N) is 1. The van der Waals surface area contributed by atoms with Crippen molar-refractivity contribution in [2.75, 3.05) is 0 Å². The van der Waals surface area contributed by atoms with Gasteiger partial charge in [-0.1, -0.05) is 0 Å². The molecule has 0 aliphatic rings. The van der Waals surface area contributed by atoms with Crippen LogP contribution in [0.15, 0.2) is 30.7 Å². The molecule has 0 aromatic carbocycles. The lowest BCUT2D eigenvalue weighted by Gasteiger charge is -2.07. The van der Waals surface area contributed by atoms with Gasteiger partial charge in [-0.05, 0) is 24.6 Å². The highest BCUT2D eigenvalue weighted by atomic mass is 19.1.